The number of hydrogen-bond donors (Lipinski definition) is 2. The number of carbonyl (C=O) groups is 2. The van der Waals surface area contributed by atoms with Gasteiger partial charge in [-0.3, -0.25) is 8.98 Å². The fourth-order valence-corrected chi connectivity index (χ4v) is 9.72. The number of carboxylic acids is 1. The molecule has 0 aliphatic heterocycles. The van der Waals surface area contributed by atoms with Gasteiger partial charge in [0, 0.05) is 6.42 Å². The predicted octanol–water partition coefficient (Wildman–Crippen LogP) is -4.25. The number of aliphatic hydroxyl groups is 1. The van der Waals surface area contributed by atoms with Crippen LogP contribution in [0.4, 0.5) is 0 Å². The molecule has 0 radical (unpaired) electrons. The van der Waals surface area contributed by atoms with Crippen molar-refractivity contribution in [3.63, 3.8) is 0 Å². The molecule has 0 saturated heterocycles. The maximum Gasteiger partial charge on any atom is 1.00 e. The molecule has 206 valence electrons. The van der Waals surface area contributed by atoms with Crippen molar-refractivity contribution in [2.45, 2.75) is 97.2 Å². The van der Waals surface area contributed by atoms with E-state index in [1.807, 2.05) is 0 Å². The van der Waals surface area contributed by atoms with Crippen LogP contribution in [0.1, 0.15) is 85.0 Å². The van der Waals surface area contributed by atoms with E-state index in [0.29, 0.717) is 42.9 Å². The van der Waals surface area contributed by atoms with E-state index in [4.69, 9.17) is 4.18 Å². The fourth-order valence-electron chi connectivity index (χ4n) is 9.22. The molecule has 4 saturated carbocycles. The summed E-state index contributed by atoms with van der Waals surface area (Å²) in [7, 11) is -4.71. The molecule has 0 aromatic rings. The molecule has 1 amide bonds. The van der Waals surface area contributed by atoms with Gasteiger partial charge in [-0.05, 0) is 104 Å². The fraction of sp³-hybridized carbons (Fsp3) is 0.923. The van der Waals surface area contributed by atoms with Gasteiger partial charge in [0.05, 0.1) is 24.7 Å². The summed E-state index contributed by atoms with van der Waals surface area (Å²) >= 11 is 0. The summed E-state index contributed by atoms with van der Waals surface area (Å²) in [5.41, 5.74) is -0.222. The molecule has 4 aliphatic carbocycles. The van der Waals surface area contributed by atoms with E-state index in [-0.39, 0.29) is 94.1 Å². The quantitative estimate of drug-likeness (QED) is 0.168. The largest absolute Gasteiger partial charge is 1.00 e. The normalized spacial score (nSPS) is 40.8. The Labute approximate surface area is 271 Å². The van der Waals surface area contributed by atoms with Gasteiger partial charge in [-0.2, -0.15) is 0 Å². The molecule has 4 aliphatic rings. The SMILES string of the molecule is C[C@H](CCC(=O)NCC(=O)[O-])[C@H]1CC[C@H]2[C@@H]3CC[C@@H]4C[C@H](OS(=O)(=O)[O-])CC[C@]4(C)[C@H]3C[C@H](O)[C@]12C.[Na+].[Na+]. The molecule has 0 bridgehead atoms. The molecule has 9 nitrogen and oxygen atoms in total. The standard InChI is InChI=1S/C26H43NO8S.2Na/c1-15(4-9-23(29)27-14-24(30)31)19-7-8-20-18-6-5-16-12-17(35-36(32,33)34)10-11-25(16,2)21(18)13-22(28)26(19,20)3;;/h15-22,28H,4-14H2,1-3H3,(H,27,29)(H,30,31)(H,32,33,34);;/q;2*+1/p-2/t15-,16-,17-,18+,19-,20+,21+,22+,25+,26-;;/m1../s1. The van der Waals surface area contributed by atoms with Gasteiger partial charge < -0.3 is 24.9 Å². The summed E-state index contributed by atoms with van der Waals surface area (Å²) in [5.74, 6) is 0.485. The van der Waals surface area contributed by atoms with Crippen molar-refractivity contribution in [1.29, 1.82) is 0 Å². The van der Waals surface area contributed by atoms with Crippen molar-refractivity contribution in [2.24, 2.45) is 46.3 Å². The summed E-state index contributed by atoms with van der Waals surface area (Å²) in [5, 5.41) is 24.6. The number of fused-ring (bicyclic) bond motifs is 5. The van der Waals surface area contributed by atoms with E-state index < -0.39 is 35.1 Å². The van der Waals surface area contributed by atoms with Gasteiger partial charge in [-0.15, -0.1) is 0 Å². The molecule has 4 fully saturated rings. The molecule has 2 N–H and O–H groups in total. The van der Waals surface area contributed by atoms with E-state index in [2.05, 4.69) is 26.1 Å². The van der Waals surface area contributed by atoms with Crippen LogP contribution in [0.2, 0.25) is 0 Å². The van der Waals surface area contributed by atoms with Crippen LogP contribution in [0.15, 0.2) is 0 Å². The van der Waals surface area contributed by atoms with Crippen LogP contribution in [0.25, 0.3) is 0 Å². The monoisotopic (exact) mass is 573 g/mol. The summed E-state index contributed by atoms with van der Waals surface area (Å²) in [6.45, 7) is 6.21. The smallest absolute Gasteiger partial charge is 0.726 e. The summed E-state index contributed by atoms with van der Waals surface area (Å²) in [4.78, 5) is 22.6. The Morgan fingerprint density at radius 1 is 1.08 bits per heavy atom. The molecular formula is C26H41NNa2O8S. The Bertz CT molecular complexity index is 967. The van der Waals surface area contributed by atoms with Crippen LogP contribution >= 0.6 is 0 Å². The second kappa shape index (κ2) is 13.4. The Morgan fingerprint density at radius 3 is 2.39 bits per heavy atom. The Kier molecular flexibility index (Phi) is 12.3. The number of aliphatic hydroxyl groups excluding tert-OH is 1. The van der Waals surface area contributed by atoms with Crippen molar-refractivity contribution in [3.05, 3.63) is 0 Å². The Balaban J connectivity index is 0.00000253. The zero-order chi connectivity index (χ0) is 26.5. The molecule has 0 aromatic heterocycles. The van der Waals surface area contributed by atoms with Gasteiger partial charge in [-0.25, -0.2) is 8.42 Å². The van der Waals surface area contributed by atoms with E-state index >= 15 is 0 Å². The van der Waals surface area contributed by atoms with Crippen LogP contribution in [-0.2, 0) is 24.2 Å². The van der Waals surface area contributed by atoms with Crippen molar-refractivity contribution in [3.8, 4) is 0 Å². The third-order valence-electron chi connectivity index (χ3n) is 11.0. The van der Waals surface area contributed by atoms with E-state index in [9.17, 15) is 32.8 Å². The molecule has 0 heterocycles. The average molecular weight is 574 g/mol. The van der Waals surface area contributed by atoms with Gasteiger partial charge >= 0.3 is 59.1 Å². The van der Waals surface area contributed by atoms with Crippen molar-refractivity contribution < 1.29 is 96.1 Å². The van der Waals surface area contributed by atoms with E-state index in [1.54, 1.807) is 0 Å². The maximum absolute atomic E-state index is 12.0. The molecule has 0 spiro atoms. The minimum atomic E-state index is -4.71. The summed E-state index contributed by atoms with van der Waals surface area (Å²) in [6.07, 6.45) is 6.68. The predicted molar refractivity (Wildman–Crippen MR) is 128 cm³/mol. The first kappa shape index (κ1) is 35.0. The zero-order valence-corrected chi connectivity index (χ0v) is 28.4. The second-order valence-electron chi connectivity index (χ2n) is 12.5. The number of nitrogens with one attached hydrogen (secondary N) is 1. The van der Waals surface area contributed by atoms with Crippen LogP contribution in [0, 0.1) is 46.3 Å². The Hall–Kier alpha value is 0.770. The molecular weight excluding hydrogens is 532 g/mol. The molecule has 4 rings (SSSR count). The van der Waals surface area contributed by atoms with Crippen LogP contribution in [0.3, 0.4) is 0 Å². The molecule has 12 heteroatoms. The minimum Gasteiger partial charge on any atom is -0.726 e. The first-order valence-electron chi connectivity index (χ1n) is 13.5. The third kappa shape index (κ3) is 7.04. The first-order chi connectivity index (χ1) is 16.8. The van der Waals surface area contributed by atoms with Crippen LogP contribution in [-0.4, -0.2) is 48.7 Å². The molecule has 38 heavy (non-hydrogen) atoms. The molecule has 10 atom stereocenters. The van der Waals surface area contributed by atoms with Gasteiger partial charge in [0.1, 0.15) is 0 Å². The average Bonchev–Trinajstić information content (AvgIpc) is 3.15. The summed E-state index contributed by atoms with van der Waals surface area (Å²) in [6, 6.07) is 0. The van der Waals surface area contributed by atoms with Crippen molar-refractivity contribution in [2.75, 3.05) is 6.54 Å². The van der Waals surface area contributed by atoms with Crippen molar-refractivity contribution in [1.82, 2.24) is 5.32 Å². The van der Waals surface area contributed by atoms with Gasteiger partial charge in [-0.1, -0.05) is 20.8 Å². The van der Waals surface area contributed by atoms with Gasteiger partial charge in [0.25, 0.3) is 0 Å². The zero-order valence-electron chi connectivity index (χ0n) is 23.6. The van der Waals surface area contributed by atoms with E-state index in [1.165, 1.54) is 0 Å². The Morgan fingerprint density at radius 2 is 1.76 bits per heavy atom. The number of carboxylic acid groups (broad SMARTS) is 1. The number of aliphatic carboxylic acids is 1. The third-order valence-corrected chi connectivity index (χ3v) is 11.5. The number of amides is 1. The van der Waals surface area contributed by atoms with E-state index in [0.717, 1.165) is 38.5 Å². The number of carbonyl (C=O) groups excluding carboxylic acids is 2. The van der Waals surface area contributed by atoms with Crippen molar-refractivity contribution >= 4 is 22.3 Å². The molecule has 0 unspecified atom stereocenters. The number of rotatable bonds is 8. The van der Waals surface area contributed by atoms with Crippen LogP contribution in [0.5, 0.6) is 0 Å². The van der Waals surface area contributed by atoms with Gasteiger partial charge in [0.2, 0.25) is 16.3 Å². The second-order valence-corrected chi connectivity index (χ2v) is 13.5. The minimum absolute atomic E-state index is 0. The van der Waals surface area contributed by atoms with Crippen LogP contribution < -0.4 is 69.5 Å². The summed E-state index contributed by atoms with van der Waals surface area (Å²) < 4.78 is 38.3. The number of hydrogen-bond acceptors (Lipinski definition) is 8. The molecule has 0 aromatic carbocycles. The maximum atomic E-state index is 12.0. The van der Waals surface area contributed by atoms with Gasteiger partial charge in [0.15, 0.2) is 0 Å². The topological polar surface area (TPSA) is 156 Å². The first-order valence-corrected chi connectivity index (χ1v) is 14.9.